The first-order valence-corrected chi connectivity index (χ1v) is 10.7. The number of piperidine rings is 1. The predicted molar refractivity (Wildman–Crippen MR) is 115 cm³/mol. The van der Waals surface area contributed by atoms with Crippen molar-refractivity contribution >= 4 is 11.7 Å². The topological polar surface area (TPSA) is 88.8 Å². The zero-order chi connectivity index (χ0) is 23.6. The van der Waals surface area contributed by atoms with E-state index >= 15 is 0 Å². The number of hydrogen-bond acceptors (Lipinski definition) is 6. The van der Waals surface area contributed by atoms with E-state index < -0.39 is 11.9 Å². The molecular formula is C22H24F3N7O. The van der Waals surface area contributed by atoms with Crippen LogP contribution < -0.4 is 5.32 Å². The highest BCUT2D eigenvalue weighted by Crippen LogP contribution is 2.29. The van der Waals surface area contributed by atoms with Crippen molar-refractivity contribution in [3.05, 3.63) is 60.3 Å². The summed E-state index contributed by atoms with van der Waals surface area (Å²) in [4.78, 5) is 24.2. The van der Waals surface area contributed by atoms with E-state index in [1.54, 1.807) is 30.6 Å². The Bertz CT molecular complexity index is 1090. The molecule has 4 rings (SSSR count). The molecule has 1 N–H and O–H groups in total. The number of halogens is 3. The van der Waals surface area contributed by atoms with Crippen molar-refractivity contribution < 1.29 is 18.0 Å². The number of hydrogen-bond donors (Lipinski definition) is 1. The molecule has 1 saturated heterocycles. The number of anilines is 1. The minimum absolute atomic E-state index is 0.147. The molecule has 0 saturated carbocycles. The smallest absolute Gasteiger partial charge is 0.364 e. The summed E-state index contributed by atoms with van der Waals surface area (Å²) in [5, 5.41) is 11.4. The number of benzene rings is 1. The van der Waals surface area contributed by atoms with Gasteiger partial charge in [-0.05, 0) is 37.8 Å². The van der Waals surface area contributed by atoms with Crippen LogP contribution in [0, 0.1) is 5.92 Å². The molecule has 0 spiro atoms. The lowest BCUT2D eigenvalue weighted by molar-refractivity contribution is -0.141. The van der Waals surface area contributed by atoms with Gasteiger partial charge in [-0.25, -0.2) is 9.97 Å². The average Bonchev–Trinajstić information content (AvgIpc) is 3.33. The minimum atomic E-state index is -4.54. The van der Waals surface area contributed by atoms with Crippen LogP contribution in [0.2, 0.25) is 0 Å². The van der Waals surface area contributed by atoms with Crippen LogP contribution in [0.5, 0.6) is 0 Å². The number of para-hydroxylation sites is 1. The van der Waals surface area contributed by atoms with Gasteiger partial charge in [0.25, 0.3) is 5.91 Å². The summed E-state index contributed by atoms with van der Waals surface area (Å²) in [6.45, 7) is 4.55. The van der Waals surface area contributed by atoms with Crippen LogP contribution >= 0.6 is 0 Å². The Morgan fingerprint density at radius 2 is 1.85 bits per heavy atom. The van der Waals surface area contributed by atoms with Crippen LogP contribution in [-0.2, 0) is 6.18 Å². The third-order valence-corrected chi connectivity index (χ3v) is 5.79. The zero-order valence-electron chi connectivity index (χ0n) is 18.2. The fourth-order valence-electron chi connectivity index (χ4n) is 4.13. The molecule has 1 aliphatic heterocycles. The van der Waals surface area contributed by atoms with E-state index in [4.69, 9.17) is 0 Å². The molecule has 33 heavy (non-hydrogen) atoms. The number of rotatable bonds is 5. The Balaban J connectivity index is 1.56. The first kappa shape index (κ1) is 22.7. The average molecular weight is 459 g/mol. The van der Waals surface area contributed by atoms with E-state index in [0.29, 0.717) is 29.9 Å². The third kappa shape index (κ3) is 4.96. The zero-order valence-corrected chi connectivity index (χ0v) is 18.2. The number of amides is 1. The number of nitrogens with zero attached hydrogens (tertiary/aromatic N) is 6. The van der Waals surface area contributed by atoms with Gasteiger partial charge in [0.1, 0.15) is 5.82 Å². The van der Waals surface area contributed by atoms with Gasteiger partial charge in [-0.3, -0.25) is 4.79 Å². The van der Waals surface area contributed by atoms with E-state index in [9.17, 15) is 18.0 Å². The van der Waals surface area contributed by atoms with Gasteiger partial charge in [0, 0.05) is 12.6 Å². The Labute approximate surface area is 188 Å². The van der Waals surface area contributed by atoms with E-state index in [1.807, 2.05) is 17.9 Å². The molecule has 1 aromatic carbocycles. The molecule has 1 fully saturated rings. The first-order chi connectivity index (χ1) is 15.7. The SMILES string of the molecule is CC1CCC(C(C)Nc2cnc(C(F)(F)F)cn2)N(C(=O)c2ccccc2-n2nccn2)C1. The summed E-state index contributed by atoms with van der Waals surface area (Å²) >= 11 is 0. The number of carbonyl (C=O) groups excluding carboxylic acids is 1. The van der Waals surface area contributed by atoms with Gasteiger partial charge in [-0.15, -0.1) is 0 Å². The van der Waals surface area contributed by atoms with Crippen molar-refractivity contribution in [3.63, 3.8) is 0 Å². The summed E-state index contributed by atoms with van der Waals surface area (Å²) in [7, 11) is 0. The van der Waals surface area contributed by atoms with Crippen molar-refractivity contribution in [3.8, 4) is 5.69 Å². The maximum atomic E-state index is 13.7. The monoisotopic (exact) mass is 459 g/mol. The van der Waals surface area contributed by atoms with Gasteiger partial charge in [-0.2, -0.15) is 28.2 Å². The molecule has 0 aliphatic carbocycles. The molecular weight excluding hydrogens is 435 g/mol. The lowest BCUT2D eigenvalue weighted by Crippen LogP contribution is -2.53. The van der Waals surface area contributed by atoms with Crippen molar-refractivity contribution in [1.82, 2.24) is 29.9 Å². The maximum Gasteiger partial charge on any atom is 0.434 e. The van der Waals surface area contributed by atoms with E-state index in [-0.39, 0.29) is 23.8 Å². The Kier molecular flexibility index (Phi) is 6.30. The lowest BCUT2D eigenvalue weighted by Gasteiger charge is -2.42. The fraction of sp³-hybridized carbons (Fsp3) is 0.409. The van der Waals surface area contributed by atoms with Crippen LogP contribution in [0.15, 0.2) is 49.1 Å². The fourth-order valence-corrected chi connectivity index (χ4v) is 4.13. The molecule has 3 heterocycles. The molecule has 3 atom stereocenters. The van der Waals surface area contributed by atoms with Crippen LogP contribution in [-0.4, -0.2) is 54.4 Å². The molecule has 8 nitrogen and oxygen atoms in total. The maximum absolute atomic E-state index is 13.7. The second-order valence-corrected chi connectivity index (χ2v) is 8.26. The Morgan fingerprint density at radius 3 is 2.52 bits per heavy atom. The van der Waals surface area contributed by atoms with Gasteiger partial charge < -0.3 is 10.2 Å². The van der Waals surface area contributed by atoms with Crippen molar-refractivity contribution in [2.75, 3.05) is 11.9 Å². The number of nitrogens with one attached hydrogen (secondary N) is 1. The lowest BCUT2D eigenvalue weighted by atomic mass is 9.89. The molecule has 0 bridgehead atoms. The van der Waals surface area contributed by atoms with Gasteiger partial charge in [0.05, 0.1) is 42.1 Å². The summed E-state index contributed by atoms with van der Waals surface area (Å²) in [6.07, 6.45) is 1.99. The largest absolute Gasteiger partial charge is 0.434 e. The standard InChI is InChI=1S/C22H24F3N7O/c1-14-7-8-17(15(2)30-20-12-26-19(11-27-20)22(23,24)25)31(13-14)21(33)16-5-3-4-6-18(16)32-28-9-10-29-32/h3-6,9-12,14-15,17H,7-8,13H2,1-2H3,(H,27,30). The molecule has 3 aromatic rings. The van der Waals surface area contributed by atoms with Crippen LogP contribution in [0.4, 0.5) is 19.0 Å². The van der Waals surface area contributed by atoms with E-state index in [1.165, 1.54) is 4.80 Å². The molecule has 1 aliphatic rings. The second kappa shape index (κ2) is 9.16. The van der Waals surface area contributed by atoms with Crippen LogP contribution in [0.3, 0.4) is 0 Å². The highest BCUT2D eigenvalue weighted by molar-refractivity contribution is 5.98. The summed E-state index contributed by atoms with van der Waals surface area (Å²) in [5.74, 6) is 0.396. The van der Waals surface area contributed by atoms with Gasteiger partial charge in [0.2, 0.25) is 0 Å². The first-order valence-electron chi connectivity index (χ1n) is 10.7. The van der Waals surface area contributed by atoms with Gasteiger partial charge in [-0.1, -0.05) is 19.1 Å². The molecule has 0 radical (unpaired) electrons. The quantitative estimate of drug-likeness (QED) is 0.624. The minimum Gasteiger partial charge on any atom is -0.364 e. The predicted octanol–water partition coefficient (Wildman–Crippen LogP) is 3.82. The number of likely N-dealkylation sites (tertiary alicyclic amines) is 1. The highest BCUT2D eigenvalue weighted by Gasteiger charge is 2.36. The molecule has 2 aromatic heterocycles. The van der Waals surface area contributed by atoms with Crippen LogP contribution in [0.1, 0.15) is 42.7 Å². The Hall–Kier alpha value is -3.50. The summed E-state index contributed by atoms with van der Waals surface area (Å²) < 4.78 is 38.3. The summed E-state index contributed by atoms with van der Waals surface area (Å²) in [6, 6.07) is 6.70. The van der Waals surface area contributed by atoms with Crippen molar-refractivity contribution in [1.29, 1.82) is 0 Å². The van der Waals surface area contributed by atoms with Crippen molar-refractivity contribution in [2.45, 2.75) is 44.9 Å². The third-order valence-electron chi connectivity index (χ3n) is 5.79. The van der Waals surface area contributed by atoms with Crippen LogP contribution in [0.25, 0.3) is 5.69 Å². The molecule has 1 amide bonds. The summed E-state index contributed by atoms with van der Waals surface area (Å²) in [5.41, 5.74) is 0.0147. The number of alkyl halides is 3. The van der Waals surface area contributed by atoms with Crippen molar-refractivity contribution in [2.24, 2.45) is 5.92 Å². The van der Waals surface area contributed by atoms with Gasteiger partial charge >= 0.3 is 6.18 Å². The molecule has 3 unspecified atom stereocenters. The van der Waals surface area contributed by atoms with E-state index in [2.05, 4.69) is 32.4 Å². The van der Waals surface area contributed by atoms with Gasteiger partial charge in [0.15, 0.2) is 5.69 Å². The molecule has 174 valence electrons. The highest BCUT2D eigenvalue weighted by atomic mass is 19.4. The van der Waals surface area contributed by atoms with E-state index in [0.717, 1.165) is 19.0 Å². The number of carbonyl (C=O) groups is 1. The molecule has 11 heteroatoms. The Morgan fingerprint density at radius 1 is 1.12 bits per heavy atom. The second-order valence-electron chi connectivity index (χ2n) is 8.26. The number of aromatic nitrogens is 5. The normalized spacial score (nSPS) is 19.8.